The third-order valence-corrected chi connectivity index (χ3v) is 4.14. The lowest BCUT2D eigenvalue weighted by molar-refractivity contribution is -0.291. The van der Waals surface area contributed by atoms with Gasteiger partial charge in [-0.25, -0.2) is 14.6 Å². The summed E-state index contributed by atoms with van der Waals surface area (Å²) in [5.41, 5.74) is 1.69. The zero-order chi connectivity index (χ0) is 24.6. The lowest BCUT2D eigenvalue weighted by Gasteiger charge is -2.09. The highest BCUT2D eigenvalue weighted by atomic mass is 17.2. The van der Waals surface area contributed by atoms with Crippen molar-refractivity contribution in [3.63, 3.8) is 0 Å². The van der Waals surface area contributed by atoms with Gasteiger partial charge in [-0.05, 0) is 41.5 Å². The first-order valence-electron chi connectivity index (χ1n) is 10.2. The van der Waals surface area contributed by atoms with Gasteiger partial charge in [-0.3, -0.25) is 0 Å². The first kappa shape index (κ1) is 25.9. The second-order valence-corrected chi connectivity index (χ2v) is 6.64. The Morgan fingerprint density at radius 2 is 1.41 bits per heavy atom. The van der Waals surface area contributed by atoms with Crippen LogP contribution in [-0.4, -0.2) is 39.0 Å². The molecule has 0 aliphatic rings. The molecule has 0 atom stereocenters. The molecule has 0 radical (unpaired) electrons. The fourth-order valence-electron chi connectivity index (χ4n) is 2.43. The van der Waals surface area contributed by atoms with E-state index in [9.17, 15) is 10.1 Å². The maximum Gasteiger partial charge on any atom is 0.348 e. The van der Waals surface area contributed by atoms with E-state index in [-0.39, 0.29) is 31.0 Å². The molecule has 0 heterocycles. The van der Waals surface area contributed by atoms with Crippen molar-refractivity contribution in [2.45, 2.75) is 0 Å². The third kappa shape index (κ3) is 9.41. The Balaban J connectivity index is 1.73. The molecule has 2 aromatic rings. The van der Waals surface area contributed by atoms with E-state index in [0.29, 0.717) is 24.5 Å². The number of rotatable bonds is 14. The van der Waals surface area contributed by atoms with Crippen LogP contribution in [0, 0.1) is 22.7 Å². The predicted octanol–water partition coefficient (Wildman–Crippen LogP) is 4.27. The standard InChI is InChI=1S/C26H24N2O6/c1-3-21-4-8-24(9-5-21)30-12-13-31-25-10-6-22(7-11-25)16-23(18-28)26(29)32-14-15-33-34-19-20(2)17-27/h3-11,16H,1-2,12-15,19H2/b23-16-. The van der Waals surface area contributed by atoms with Gasteiger partial charge in [-0.1, -0.05) is 43.5 Å². The molecular weight excluding hydrogens is 436 g/mol. The summed E-state index contributed by atoms with van der Waals surface area (Å²) in [4.78, 5) is 21.5. The summed E-state index contributed by atoms with van der Waals surface area (Å²) < 4.78 is 16.2. The Bertz CT molecular complexity index is 1080. The van der Waals surface area contributed by atoms with Crippen LogP contribution < -0.4 is 9.47 Å². The van der Waals surface area contributed by atoms with Gasteiger partial charge in [0.25, 0.3) is 0 Å². The van der Waals surface area contributed by atoms with Crippen molar-refractivity contribution in [3.8, 4) is 23.6 Å². The lowest BCUT2D eigenvalue weighted by Crippen LogP contribution is -2.12. The Hall–Kier alpha value is -4.37. The van der Waals surface area contributed by atoms with Crippen LogP contribution >= 0.6 is 0 Å². The SMILES string of the molecule is C=Cc1ccc(OCCOc2ccc(/C=C(/C#N)C(=O)OCCOOCC(=C)C#N)cc2)cc1. The molecule has 0 unspecified atom stereocenters. The molecule has 0 N–H and O–H groups in total. The van der Waals surface area contributed by atoms with Gasteiger partial charge in [-0.2, -0.15) is 10.5 Å². The highest BCUT2D eigenvalue weighted by molar-refractivity contribution is 5.97. The number of nitriles is 2. The molecule has 174 valence electrons. The van der Waals surface area contributed by atoms with Gasteiger partial charge >= 0.3 is 5.97 Å². The minimum atomic E-state index is -0.786. The summed E-state index contributed by atoms with van der Waals surface area (Å²) in [7, 11) is 0. The molecule has 8 nitrogen and oxygen atoms in total. The second-order valence-electron chi connectivity index (χ2n) is 6.64. The van der Waals surface area contributed by atoms with E-state index in [1.54, 1.807) is 36.4 Å². The molecule has 0 saturated heterocycles. The molecule has 0 spiro atoms. The van der Waals surface area contributed by atoms with E-state index in [1.165, 1.54) is 6.08 Å². The van der Waals surface area contributed by atoms with E-state index in [4.69, 9.17) is 29.2 Å². The topological polar surface area (TPSA) is 111 Å². The molecule has 0 aliphatic carbocycles. The minimum absolute atomic E-state index is 0.0565. The largest absolute Gasteiger partial charge is 0.490 e. The smallest absolute Gasteiger partial charge is 0.348 e. The monoisotopic (exact) mass is 460 g/mol. The molecule has 0 aromatic heterocycles. The van der Waals surface area contributed by atoms with Crippen LogP contribution in [0.3, 0.4) is 0 Å². The number of benzene rings is 2. The molecule has 0 fully saturated rings. The van der Waals surface area contributed by atoms with Crippen LogP contribution in [0.1, 0.15) is 11.1 Å². The normalized spacial score (nSPS) is 10.5. The summed E-state index contributed by atoms with van der Waals surface area (Å²) in [5, 5.41) is 17.8. The Morgan fingerprint density at radius 3 is 1.94 bits per heavy atom. The van der Waals surface area contributed by atoms with Crippen LogP contribution in [0.15, 0.2) is 72.8 Å². The van der Waals surface area contributed by atoms with E-state index in [0.717, 1.165) is 11.3 Å². The number of hydrogen-bond donors (Lipinski definition) is 0. The van der Waals surface area contributed by atoms with E-state index in [1.807, 2.05) is 30.3 Å². The van der Waals surface area contributed by atoms with Crippen LogP contribution in [0.25, 0.3) is 12.2 Å². The average Bonchev–Trinajstić information content (AvgIpc) is 2.87. The maximum atomic E-state index is 12.1. The number of nitrogens with zero attached hydrogens (tertiary/aromatic N) is 2. The molecule has 8 heteroatoms. The molecule has 2 aromatic carbocycles. The second kappa shape index (κ2) is 14.6. The van der Waals surface area contributed by atoms with Gasteiger partial charge in [0.2, 0.25) is 0 Å². The number of esters is 1. The average molecular weight is 460 g/mol. The lowest BCUT2D eigenvalue weighted by atomic mass is 10.1. The van der Waals surface area contributed by atoms with E-state index >= 15 is 0 Å². The quantitative estimate of drug-likeness (QED) is 0.103. The van der Waals surface area contributed by atoms with Gasteiger partial charge in [-0.15, -0.1) is 0 Å². The molecule has 0 bridgehead atoms. The highest BCUT2D eigenvalue weighted by Crippen LogP contribution is 2.16. The summed E-state index contributed by atoms with van der Waals surface area (Å²) in [6, 6.07) is 18.1. The van der Waals surface area contributed by atoms with Crippen molar-refractivity contribution in [1.29, 1.82) is 10.5 Å². The van der Waals surface area contributed by atoms with Gasteiger partial charge in [0.1, 0.15) is 56.2 Å². The van der Waals surface area contributed by atoms with Gasteiger partial charge in [0.05, 0.1) is 11.6 Å². The molecule has 0 amide bonds. The van der Waals surface area contributed by atoms with Crippen molar-refractivity contribution < 1.29 is 28.8 Å². The maximum absolute atomic E-state index is 12.1. The van der Waals surface area contributed by atoms with Crippen molar-refractivity contribution in [3.05, 3.63) is 84.0 Å². The Labute approximate surface area is 198 Å². The number of hydrogen-bond acceptors (Lipinski definition) is 8. The van der Waals surface area contributed by atoms with Gasteiger partial charge in [0, 0.05) is 0 Å². The highest BCUT2D eigenvalue weighted by Gasteiger charge is 2.11. The zero-order valence-electron chi connectivity index (χ0n) is 18.6. The zero-order valence-corrected chi connectivity index (χ0v) is 18.6. The van der Waals surface area contributed by atoms with E-state index < -0.39 is 5.97 Å². The summed E-state index contributed by atoms with van der Waals surface area (Å²) >= 11 is 0. The third-order valence-electron chi connectivity index (χ3n) is 4.14. The van der Waals surface area contributed by atoms with Gasteiger partial charge < -0.3 is 14.2 Å². The van der Waals surface area contributed by atoms with Crippen molar-refractivity contribution in [2.24, 2.45) is 0 Å². The van der Waals surface area contributed by atoms with Crippen molar-refractivity contribution >= 4 is 18.1 Å². The minimum Gasteiger partial charge on any atom is -0.490 e. The van der Waals surface area contributed by atoms with Crippen LogP contribution in [0.5, 0.6) is 11.5 Å². The van der Waals surface area contributed by atoms with Crippen LogP contribution in [-0.2, 0) is 19.3 Å². The summed E-state index contributed by atoms with van der Waals surface area (Å²) in [6.07, 6.45) is 3.18. The van der Waals surface area contributed by atoms with Crippen molar-refractivity contribution in [1.82, 2.24) is 0 Å². The summed E-state index contributed by atoms with van der Waals surface area (Å²) in [6.45, 7) is 7.60. The first-order valence-corrected chi connectivity index (χ1v) is 10.2. The van der Waals surface area contributed by atoms with E-state index in [2.05, 4.69) is 13.2 Å². The fraction of sp³-hybridized carbons (Fsp3) is 0.192. The first-order chi connectivity index (χ1) is 16.5. The fourth-order valence-corrected chi connectivity index (χ4v) is 2.43. The number of ether oxygens (including phenoxy) is 3. The van der Waals surface area contributed by atoms with Crippen LogP contribution in [0.2, 0.25) is 0 Å². The molecular formula is C26H24N2O6. The Morgan fingerprint density at radius 1 is 0.824 bits per heavy atom. The molecule has 2 rings (SSSR count). The number of carbonyl (C=O) groups is 1. The Kier molecular flexibility index (Phi) is 11.2. The van der Waals surface area contributed by atoms with Gasteiger partial charge in [0.15, 0.2) is 0 Å². The predicted molar refractivity (Wildman–Crippen MR) is 125 cm³/mol. The summed E-state index contributed by atoms with van der Waals surface area (Å²) in [5.74, 6) is 0.584. The molecule has 0 aliphatic heterocycles. The van der Waals surface area contributed by atoms with Crippen molar-refractivity contribution in [2.75, 3.05) is 33.0 Å². The molecule has 34 heavy (non-hydrogen) atoms. The molecule has 0 saturated carbocycles. The van der Waals surface area contributed by atoms with Crippen LogP contribution in [0.4, 0.5) is 0 Å². The number of carbonyl (C=O) groups excluding carboxylic acids is 1.